The van der Waals surface area contributed by atoms with Gasteiger partial charge in [0, 0.05) is 12.0 Å². The summed E-state index contributed by atoms with van der Waals surface area (Å²) in [6, 6.07) is 14.3. The van der Waals surface area contributed by atoms with E-state index in [9.17, 15) is 14.7 Å². The van der Waals surface area contributed by atoms with Gasteiger partial charge < -0.3 is 15.2 Å². The first-order valence-corrected chi connectivity index (χ1v) is 9.32. The number of ether oxygens (including phenoxy) is 1. The number of hydrogen-bond donors (Lipinski definition) is 3. The van der Waals surface area contributed by atoms with Crippen LogP contribution in [0.2, 0.25) is 0 Å². The van der Waals surface area contributed by atoms with Gasteiger partial charge in [-0.25, -0.2) is 9.36 Å². The van der Waals surface area contributed by atoms with Gasteiger partial charge in [0.1, 0.15) is 17.4 Å². The number of aromatic amines is 1. The highest BCUT2D eigenvalue weighted by atomic mass is 16.5. The second-order valence-corrected chi connectivity index (χ2v) is 6.71. The number of nitrogens with one attached hydrogen (secondary N) is 1. The van der Waals surface area contributed by atoms with Crippen LogP contribution >= 0.6 is 0 Å². The monoisotopic (exact) mass is 380 g/mol. The molecule has 0 saturated heterocycles. The predicted octanol–water partition coefficient (Wildman–Crippen LogP) is 0.839. The molecule has 0 unspecified atom stereocenters. The molecule has 1 atom stereocenters. The Morgan fingerprint density at radius 2 is 1.93 bits per heavy atom. The number of fused-ring (bicyclic) bond motifs is 1. The van der Waals surface area contributed by atoms with E-state index in [0.717, 1.165) is 28.7 Å². The molecule has 7 heteroatoms. The third-order valence-electron chi connectivity index (χ3n) is 5.04. The van der Waals surface area contributed by atoms with Crippen LogP contribution < -0.4 is 21.3 Å². The van der Waals surface area contributed by atoms with Crippen LogP contribution in [0.3, 0.4) is 0 Å². The van der Waals surface area contributed by atoms with Crippen LogP contribution in [0.4, 0.5) is 0 Å². The Hall–Kier alpha value is -3.32. The fourth-order valence-corrected chi connectivity index (χ4v) is 3.79. The third-order valence-corrected chi connectivity index (χ3v) is 5.04. The van der Waals surface area contributed by atoms with E-state index >= 15 is 0 Å². The number of quaternary nitrogens is 1. The summed E-state index contributed by atoms with van der Waals surface area (Å²) in [5.74, 6) is 0.328. The number of aromatic nitrogens is 2. The van der Waals surface area contributed by atoms with Crippen molar-refractivity contribution in [2.24, 2.45) is 0 Å². The van der Waals surface area contributed by atoms with E-state index in [0.29, 0.717) is 18.0 Å². The molecule has 0 fully saturated rings. The van der Waals surface area contributed by atoms with Gasteiger partial charge in [0.05, 0.1) is 18.8 Å². The highest BCUT2D eigenvalue weighted by Crippen LogP contribution is 2.28. The normalized spacial score (nSPS) is 15.8. The van der Waals surface area contributed by atoms with Gasteiger partial charge in [-0.2, -0.15) is 0 Å². The SMILES string of the molecule is CCOc1ccc(-n2c(O)c([C@@H]3[NH2+]CCc4ccccc43)c(=O)[nH]c2=O)cc1. The van der Waals surface area contributed by atoms with E-state index in [-0.39, 0.29) is 17.5 Å². The molecule has 0 aliphatic carbocycles. The average molecular weight is 380 g/mol. The first-order chi connectivity index (χ1) is 13.6. The number of rotatable bonds is 4. The Bertz CT molecular complexity index is 1120. The number of aromatic hydroxyl groups is 1. The summed E-state index contributed by atoms with van der Waals surface area (Å²) in [5.41, 5.74) is 1.51. The minimum Gasteiger partial charge on any atom is -0.494 e. The summed E-state index contributed by atoms with van der Waals surface area (Å²) >= 11 is 0. The lowest BCUT2D eigenvalue weighted by atomic mass is 9.90. The van der Waals surface area contributed by atoms with Gasteiger partial charge in [-0.05, 0) is 36.8 Å². The fraction of sp³-hybridized carbons (Fsp3) is 0.238. The maximum Gasteiger partial charge on any atom is 0.335 e. The quantitative estimate of drug-likeness (QED) is 0.624. The van der Waals surface area contributed by atoms with E-state index < -0.39 is 11.2 Å². The first kappa shape index (κ1) is 18.1. The first-order valence-electron chi connectivity index (χ1n) is 9.32. The van der Waals surface area contributed by atoms with Crippen molar-refractivity contribution in [3.8, 4) is 17.3 Å². The molecule has 2 heterocycles. The Labute approximate surface area is 161 Å². The summed E-state index contributed by atoms with van der Waals surface area (Å²) in [6.45, 7) is 3.21. The number of H-pyrrole nitrogens is 1. The highest BCUT2D eigenvalue weighted by molar-refractivity contribution is 5.45. The van der Waals surface area contributed by atoms with Gasteiger partial charge in [-0.3, -0.25) is 9.78 Å². The van der Waals surface area contributed by atoms with Crippen molar-refractivity contribution in [1.82, 2.24) is 9.55 Å². The van der Waals surface area contributed by atoms with Crippen LogP contribution in [0.1, 0.15) is 29.7 Å². The zero-order chi connectivity index (χ0) is 19.7. The summed E-state index contributed by atoms with van der Waals surface area (Å²) < 4.78 is 6.54. The van der Waals surface area contributed by atoms with E-state index in [4.69, 9.17) is 4.74 Å². The molecule has 4 N–H and O–H groups in total. The van der Waals surface area contributed by atoms with Crippen LogP contribution in [0.5, 0.6) is 11.6 Å². The Kier molecular flexibility index (Phi) is 4.75. The van der Waals surface area contributed by atoms with Gasteiger partial charge >= 0.3 is 5.69 Å². The molecule has 1 aliphatic rings. The lowest BCUT2D eigenvalue weighted by Gasteiger charge is -2.24. The zero-order valence-electron chi connectivity index (χ0n) is 15.5. The second kappa shape index (κ2) is 7.36. The Morgan fingerprint density at radius 3 is 2.68 bits per heavy atom. The van der Waals surface area contributed by atoms with Crippen LogP contribution in [-0.4, -0.2) is 27.8 Å². The topological polar surface area (TPSA) is 101 Å². The summed E-state index contributed by atoms with van der Waals surface area (Å²) in [7, 11) is 0. The van der Waals surface area contributed by atoms with Gasteiger partial charge in [-0.15, -0.1) is 0 Å². The van der Waals surface area contributed by atoms with Crippen LogP contribution in [-0.2, 0) is 6.42 Å². The van der Waals surface area contributed by atoms with Crippen LogP contribution in [0.25, 0.3) is 5.69 Å². The largest absolute Gasteiger partial charge is 0.494 e. The van der Waals surface area contributed by atoms with Gasteiger partial charge in [-0.1, -0.05) is 24.3 Å². The molecule has 4 rings (SSSR count). The standard InChI is InChI=1S/C21H21N3O4/c1-2-28-15-9-7-14(8-10-15)24-20(26)17(19(25)23-21(24)27)18-16-6-4-3-5-13(16)11-12-22-18/h3-10,18,22,26H,2,11-12H2,1H3,(H,23,25,27)/p+1/t18-/m1/s1. The highest BCUT2D eigenvalue weighted by Gasteiger charge is 2.31. The Balaban J connectivity index is 1.86. The summed E-state index contributed by atoms with van der Waals surface area (Å²) in [6.07, 6.45) is 0.893. The molecule has 0 saturated carbocycles. The summed E-state index contributed by atoms with van der Waals surface area (Å²) in [4.78, 5) is 27.4. The molecule has 28 heavy (non-hydrogen) atoms. The lowest BCUT2D eigenvalue weighted by Crippen LogP contribution is -2.87. The zero-order valence-corrected chi connectivity index (χ0v) is 15.5. The molecule has 1 aliphatic heterocycles. The molecule has 7 nitrogen and oxygen atoms in total. The minimum atomic E-state index is -0.681. The maximum absolute atomic E-state index is 12.6. The van der Waals surface area contributed by atoms with Crippen molar-refractivity contribution in [2.75, 3.05) is 13.2 Å². The van der Waals surface area contributed by atoms with Crippen LogP contribution in [0, 0.1) is 0 Å². The molecular formula is C21H22N3O4+. The van der Waals surface area contributed by atoms with Crippen molar-refractivity contribution in [3.63, 3.8) is 0 Å². The van der Waals surface area contributed by atoms with E-state index in [2.05, 4.69) is 4.98 Å². The number of nitrogens with two attached hydrogens (primary N) is 1. The van der Waals surface area contributed by atoms with Crippen molar-refractivity contribution in [1.29, 1.82) is 0 Å². The molecular weight excluding hydrogens is 358 g/mol. The minimum absolute atomic E-state index is 0.181. The fourth-order valence-electron chi connectivity index (χ4n) is 3.79. The summed E-state index contributed by atoms with van der Waals surface area (Å²) in [5, 5.41) is 13.0. The lowest BCUT2D eigenvalue weighted by molar-refractivity contribution is -0.690. The number of hydrogen-bond acceptors (Lipinski definition) is 4. The van der Waals surface area contributed by atoms with Crippen molar-refractivity contribution in [2.45, 2.75) is 19.4 Å². The second-order valence-electron chi connectivity index (χ2n) is 6.71. The molecule has 144 valence electrons. The van der Waals surface area contributed by atoms with Crippen LogP contribution in [0.15, 0.2) is 58.1 Å². The number of benzene rings is 2. The number of nitrogens with zero attached hydrogens (tertiary/aromatic N) is 1. The predicted molar refractivity (Wildman–Crippen MR) is 104 cm³/mol. The molecule has 0 bridgehead atoms. The van der Waals surface area contributed by atoms with Crippen molar-refractivity contribution < 1.29 is 15.2 Å². The van der Waals surface area contributed by atoms with Crippen molar-refractivity contribution in [3.05, 3.63) is 86.1 Å². The van der Waals surface area contributed by atoms with Gasteiger partial charge in [0.2, 0.25) is 5.88 Å². The van der Waals surface area contributed by atoms with Gasteiger partial charge in [0.25, 0.3) is 5.56 Å². The average Bonchev–Trinajstić information content (AvgIpc) is 2.69. The molecule has 0 amide bonds. The smallest absolute Gasteiger partial charge is 0.335 e. The molecule has 1 aromatic heterocycles. The van der Waals surface area contributed by atoms with Gasteiger partial charge in [0.15, 0.2) is 0 Å². The van der Waals surface area contributed by atoms with E-state index in [1.807, 2.05) is 36.5 Å². The molecule has 2 aromatic carbocycles. The molecule has 3 aromatic rings. The van der Waals surface area contributed by atoms with Crippen molar-refractivity contribution >= 4 is 0 Å². The molecule has 0 radical (unpaired) electrons. The molecule has 0 spiro atoms. The maximum atomic E-state index is 12.6. The van der Waals surface area contributed by atoms with E-state index in [1.165, 1.54) is 0 Å². The third kappa shape index (κ3) is 3.10. The van der Waals surface area contributed by atoms with E-state index in [1.54, 1.807) is 24.3 Å². The Morgan fingerprint density at radius 1 is 1.18 bits per heavy atom.